The van der Waals surface area contributed by atoms with Crippen molar-refractivity contribution in [3.05, 3.63) is 54.1 Å². The lowest BCUT2D eigenvalue weighted by molar-refractivity contribution is -0.117. The maximum Gasteiger partial charge on any atom is 0.231 e. The Morgan fingerprint density at radius 2 is 1.85 bits per heavy atom. The third-order valence-corrected chi connectivity index (χ3v) is 4.45. The lowest BCUT2D eigenvalue weighted by Gasteiger charge is -2.18. The molecule has 0 heterocycles. The van der Waals surface area contributed by atoms with E-state index in [1.165, 1.54) is 7.11 Å². The van der Waals surface area contributed by atoms with E-state index in [2.05, 4.69) is 10.0 Å². The van der Waals surface area contributed by atoms with Gasteiger partial charge >= 0.3 is 0 Å². The molecule has 0 aliphatic heterocycles. The fourth-order valence-electron chi connectivity index (χ4n) is 2.72. The summed E-state index contributed by atoms with van der Waals surface area (Å²) in [6.45, 7) is 2.03. The number of methoxy groups -OCH3 is 1. The van der Waals surface area contributed by atoms with E-state index in [-0.39, 0.29) is 17.5 Å². The molecule has 0 saturated carbocycles. The summed E-state index contributed by atoms with van der Waals surface area (Å²) in [5.41, 5.74) is 1.73. The zero-order valence-electron chi connectivity index (χ0n) is 15.2. The Hall–Kier alpha value is -2.54. The summed E-state index contributed by atoms with van der Waals surface area (Å²) in [5, 5.41) is 2.87. The van der Waals surface area contributed by atoms with Crippen LogP contribution in [0.5, 0.6) is 5.75 Å². The summed E-state index contributed by atoms with van der Waals surface area (Å²) in [5.74, 6) is -0.0234. The highest BCUT2D eigenvalue weighted by molar-refractivity contribution is 7.92. The van der Waals surface area contributed by atoms with E-state index in [1.54, 1.807) is 18.2 Å². The van der Waals surface area contributed by atoms with Gasteiger partial charge in [-0.3, -0.25) is 9.52 Å². The van der Waals surface area contributed by atoms with E-state index >= 15 is 0 Å². The molecule has 0 aliphatic carbocycles. The van der Waals surface area contributed by atoms with Crippen molar-refractivity contribution in [1.29, 1.82) is 0 Å². The molecule has 2 rings (SSSR count). The van der Waals surface area contributed by atoms with Crippen LogP contribution in [0, 0.1) is 0 Å². The number of carbonyl (C=O) groups excluding carboxylic acids is 1. The fourth-order valence-corrected chi connectivity index (χ4v) is 3.28. The number of nitrogens with one attached hydrogen (secondary N) is 2. The molecule has 2 aromatic carbocycles. The summed E-state index contributed by atoms with van der Waals surface area (Å²) in [4.78, 5) is 12.8. The molecule has 0 radical (unpaired) electrons. The van der Waals surface area contributed by atoms with Gasteiger partial charge in [0.1, 0.15) is 5.75 Å². The average Bonchev–Trinajstić information content (AvgIpc) is 2.59. The maximum absolute atomic E-state index is 12.8. The predicted molar refractivity (Wildman–Crippen MR) is 104 cm³/mol. The van der Waals surface area contributed by atoms with Gasteiger partial charge in [-0.05, 0) is 30.2 Å². The Morgan fingerprint density at radius 3 is 2.42 bits per heavy atom. The third-order valence-electron chi connectivity index (χ3n) is 3.86. The minimum Gasteiger partial charge on any atom is -0.495 e. The topological polar surface area (TPSA) is 84.5 Å². The average molecular weight is 376 g/mol. The Morgan fingerprint density at radius 1 is 1.15 bits per heavy atom. The number of sulfonamides is 1. The summed E-state index contributed by atoms with van der Waals surface area (Å²) in [7, 11) is -2.01. The minimum absolute atomic E-state index is 0.131. The van der Waals surface area contributed by atoms with Crippen LogP contribution in [-0.4, -0.2) is 27.7 Å². The Labute approximate surface area is 154 Å². The molecule has 0 fully saturated rings. The van der Waals surface area contributed by atoms with Crippen molar-refractivity contribution in [3.8, 4) is 5.75 Å². The van der Waals surface area contributed by atoms with Crippen molar-refractivity contribution < 1.29 is 17.9 Å². The highest BCUT2D eigenvalue weighted by atomic mass is 32.2. The van der Waals surface area contributed by atoms with Gasteiger partial charge in [-0.15, -0.1) is 0 Å². The highest BCUT2D eigenvalue weighted by Gasteiger charge is 2.20. The van der Waals surface area contributed by atoms with Gasteiger partial charge in [0.2, 0.25) is 15.9 Å². The summed E-state index contributed by atoms with van der Waals surface area (Å²) in [6.07, 6.45) is 2.65. The largest absolute Gasteiger partial charge is 0.495 e. The van der Waals surface area contributed by atoms with E-state index in [1.807, 2.05) is 37.3 Å². The van der Waals surface area contributed by atoms with Crippen molar-refractivity contribution in [1.82, 2.24) is 0 Å². The van der Waals surface area contributed by atoms with Crippen LogP contribution in [0.15, 0.2) is 48.5 Å². The molecule has 7 heteroatoms. The van der Waals surface area contributed by atoms with Crippen LogP contribution in [-0.2, 0) is 14.8 Å². The predicted octanol–water partition coefficient (Wildman–Crippen LogP) is 3.59. The Kier molecular flexibility index (Phi) is 6.63. The molecule has 0 saturated heterocycles. The van der Waals surface area contributed by atoms with Crippen LogP contribution in [0.4, 0.5) is 11.4 Å². The molecule has 1 atom stereocenters. The van der Waals surface area contributed by atoms with Crippen molar-refractivity contribution >= 4 is 27.3 Å². The molecule has 6 nitrogen and oxygen atoms in total. The number of carbonyl (C=O) groups is 1. The van der Waals surface area contributed by atoms with Crippen LogP contribution in [0.25, 0.3) is 0 Å². The van der Waals surface area contributed by atoms with Gasteiger partial charge in [0, 0.05) is 5.69 Å². The zero-order chi connectivity index (χ0) is 19.2. The molecular formula is C19H24N2O4S. The van der Waals surface area contributed by atoms with E-state index in [0.29, 0.717) is 11.4 Å². The van der Waals surface area contributed by atoms with Crippen molar-refractivity contribution in [2.75, 3.05) is 23.4 Å². The van der Waals surface area contributed by atoms with Gasteiger partial charge in [-0.25, -0.2) is 8.42 Å². The monoisotopic (exact) mass is 376 g/mol. The second kappa shape index (κ2) is 8.71. The van der Waals surface area contributed by atoms with E-state index in [4.69, 9.17) is 4.74 Å². The highest BCUT2D eigenvalue weighted by Crippen LogP contribution is 2.30. The molecule has 140 valence electrons. The molecule has 0 spiro atoms. The van der Waals surface area contributed by atoms with E-state index in [0.717, 1.165) is 24.7 Å². The van der Waals surface area contributed by atoms with Crippen molar-refractivity contribution in [2.45, 2.75) is 25.7 Å². The SMILES string of the molecule is CCCC(C(=O)Nc1ccc(OC)c(NS(C)(=O)=O)c1)c1ccccc1. The normalized spacial score (nSPS) is 12.3. The summed E-state index contributed by atoms with van der Waals surface area (Å²) >= 11 is 0. The van der Waals surface area contributed by atoms with Crippen LogP contribution < -0.4 is 14.8 Å². The molecule has 2 N–H and O–H groups in total. The first kappa shape index (κ1) is 19.8. The number of benzene rings is 2. The van der Waals surface area contributed by atoms with E-state index in [9.17, 15) is 13.2 Å². The third kappa shape index (κ3) is 5.49. The smallest absolute Gasteiger partial charge is 0.231 e. The summed E-state index contributed by atoms with van der Waals surface area (Å²) < 4.78 is 30.6. The van der Waals surface area contributed by atoms with Crippen molar-refractivity contribution in [2.24, 2.45) is 0 Å². The molecule has 1 amide bonds. The quantitative estimate of drug-likeness (QED) is 0.737. The minimum atomic E-state index is -3.47. The molecule has 26 heavy (non-hydrogen) atoms. The number of hydrogen-bond donors (Lipinski definition) is 2. The molecular weight excluding hydrogens is 352 g/mol. The molecule has 0 bridgehead atoms. The molecule has 0 aliphatic rings. The lowest BCUT2D eigenvalue weighted by atomic mass is 9.93. The standard InChI is InChI=1S/C19H24N2O4S/c1-4-8-16(14-9-6-5-7-10-14)19(22)20-15-11-12-18(25-2)17(13-15)21-26(3,23)24/h5-7,9-13,16,21H,4,8H2,1-3H3,(H,20,22). The van der Waals surface area contributed by atoms with Crippen LogP contribution >= 0.6 is 0 Å². The Balaban J connectivity index is 2.25. The summed E-state index contributed by atoms with van der Waals surface area (Å²) in [6, 6.07) is 14.4. The van der Waals surface area contributed by atoms with Gasteiger partial charge in [0.15, 0.2) is 0 Å². The van der Waals surface area contributed by atoms with Gasteiger partial charge in [0.25, 0.3) is 0 Å². The van der Waals surface area contributed by atoms with Gasteiger partial charge in [0.05, 0.1) is 25.0 Å². The number of hydrogen-bond acceptors (Lipinski definition) is 4. The first-order valence-electron chi connectivity index (χ1n) is 8.35. The fraction of sp³-hybridized carbons (Fsp3) is 0.316. The van der Waals surface area contributed by atoms with Crippen molar-refractivity contribution in [3.63, 3.8) is 0 Å². The van der Waals surface area contributed by atoms with E-state index < -0.39 is 10.0 Å². The second-order valence-corrected chi connectivity index (χ2v) is 7.78. The number of ether oxygens (including phenoxy) is 1. The molecule has 1 unspecified atom stereocenters. The van der Waals surface area contributed by atoms with Crippen LogP contribution in [0.1, 0.15) is 31.2 Å². The van der Waals surface area contributed by atoms with Gasteiger partial charge in [-0.1, -0.05) is 43.7 Å². The van der Waals surface area contributed by atoms with Crippen LogP contribution in [0.3, 0.4) is 0 Å². The first-order chi connectivity index (χ1) is 12.3. The molecule has 0 aromatic heterocycles. The number of anilines is 2. The lowest BCUT2D eigenvalue weighted by Crippen LogP contribution is -2.21. The molecule has 2 aromatic rings. The number of rotatable bonds is 8. The van der Waals surface area contributed by atoms with Gasteiger partial charge < -0.3 is 10.1 Å². The number of amides is 1. The first-order valence-corrected chi connectivity index (χ1v) is 10.2. The Bertz CT molecular complexity index is 851. The maximum atomic E-state index is 12.8. The zero-order valence-corrected chi connectivity index (χ0v) is 16.0. The van der Waals surface area contributed by atoms with Gasteiger partial charge in [-0.2, -0.15) is 0 Å². The second-order valence-electron chi connectivity index (χ2n) is 6.03. The van der Waals surface area contributed by atoms with Crippen LogP contribution in [0.2, 0.25) is 0 Å².